The second kappa shape index (κ2) is 10.5. The molecule has 216 valence electrons. The molecule has 9 rings (SSSR count). The van der Waals surface area contributed by atoms with Crippen LogP contribution in [0, 0.1) is 22.7 Å². The molecule has 0 saturated carbocycles. The molecule has 0 spiro atoms. The van der Waals surface area contributed by atoms with Gasteiger partial charge in [-0.2, -0.15) is 10.5 Å². The van der Waals surface area contributed by atoms with E-state index >= 15 is 0 Å². The van der Waals surface area contributed by atoms with E-state index in [-0.39, 0.29) is 0 Å². The maximum absolute atomic E-state index is 10.00. The lowest BCUT2D eigenvalue weighted by atomic mass is 9.93. The summed E-state index contributed by atoms with van der Waals surface area (Å²) in [6, 6.07) is 57.5. The summed E-state index contributed by atoms with van der Waals surface area (Å²) in [7, 11) is 0. The van der Waals surface area contributed by atoms with Crippen LogP contribution in [0.5, 0.6) is 0 Å². The fraction of sp³-hybridized carbons (Fsp3) is 0. The number of anilines is 3. The molecule has 0 aromatic heterocycles. The van der Waals surface area contributed by atoms with Gasteiger partial charge in [0.25, 0.3) is 0 Å². The molecule has 0 atom stereocenters. The first-order chi connectivity index (χ1) is 23.2. The zero-order valence-corrected chi connectivity index (χ0v) is 25.3. The minimum Gasteiger partial charge on any atom is -0.310 e. The van der Waals surface area contributed by atoms with E-state index in [9.17, 15) is 10.5 Å². The van der Waals surface area contributed by atoms with Gasteiger partial charge in [0.2, 0.25) is 0 Å². The summed E-state index contributed by atoms with van der Waals surface area (Å²) in [5.74, 6) is 0. The average molecular weight is 596 g/mol. The van der Waals surface area contributed by atoms with Gasteiger partial charge < -0.3 is 4.90 Å². The van der Waals surface area contributed by atoms with Crippen LogP contribution in [0.4, 0.5) is 17.1 Å². The minimum absolute atomic E-state index is 0.351. The SMILES string of the molecule is N#Cc1ccc(N(c2ccc3c4ccccc4c4ccccc4c3c2)c2ccc3c4ccccc4c4ccccc4c3c2)cc1C#N. The van der Waals surface area contributed by atoms with Crippen LogP contribution >= 0.6 is 0 Å². The third-order valence-electron chi connectivity index (χ3n) is 9.47. The largest absolute Gasteiger partial charge is 0.310 e. The Morgan fingerprint density at radius 2 is 0.596 bits per heavy atom. The van der Waals surface area contributed by atoms with Crippen LogP contribution in [0.15, 0.2) is 152 Å². The molecule has 0 bridgehead atoms. The van der Waals surface area contributed by atoms with E-state index in [0.717, 1.165) is 27.8 Å². The van der Waals surface area contributed by atoms with Crippen LogP contribution < -0.4 is 4.90 Å². The van der Waals surface area contributed by atoms with Gasteiger partial charge in [-0.25, -0.2) is 0 Å². The molecule has 0 aliphatic heterocycles. The molecule has 0 saturated heterocycles. The summed E-state index contributed by atoms with van der Waals surface area (Å²) in [5, 5.41) is 34.1. The molecule has 9 aromatic carbocycles. The molecule has 3 nitrogen and oxygen atoms in total. The van der Waals surface area contributed by atoms with Gasteiger partial charge in [-0.15, -0.1) is 0 Å². The molecule has 0 heterocycles. The molecule has 3 heteroatoms. The maximum atomic E-state index is 10.00. The summed E-state index contributed by atoms with van der Waals surface area (Å²) in [5.41, 5.74) is 3.47. The van der Waals surface area contributed by atoms with Crippen molar-refractivity contribution in [3.05, 3.63) is 163 Å². The number of hydrogen-bond acceptors (Lipinski definition) is 3. The summed E-state index contributed by atoms with van der Waals surface area (Å²) < 4.78 is 0. The van der Waals surface area contributed by atoms with Gasteiger partial charge in [-0.1, -0.05) is 109 Å². The normalized spacial score (nSPS) is 11.4. The number of benzene rings is 9. The molecule has 0 N–H and O–H groups in total. The van der Waals surface area contributed by atoms with E-state index in [2.05, 4.69) is 150 Å². The fourth-order valence-corrected chi connectivity index (χ4v) is 7.38. The van der Waals surface area contributed by atoms with Crippen LogP contribution in [-0.2, 0) is 0 Å². The van der Waals surface area contributed by atoms with Crippen molar-refractivity contribution in [2.75, 3.05) is 4.90 Å². The van der Waals surface area contributed by atoms with Crippen molar-refractivity contribution in [1.29, 1.82) is 10.5 Å². The van der Waals surface area contributed by atoms with Crippen molar-refractivity contribution in [2.45, 2.75) is 0 Å². The van der Waals surface area contributed by atoms with Crippen molar-refractivity contribution in [3.8, 4) is 12.1 Å². The highest BCUT2D eigenvalue weighted by Crippen LogP contribution is 2.43. The molecular formula is C44H25N3. The third kappa shape index (κ3) is 4.05. The Labute approximate surface area is 271 Å². The molecule has 0 amide bonds. The van der Waals surface area contributed by atoms with Crippen LogP contribution in [0.3, 0.4) is 0 Å². The van der Waals surface area contributed by atoms with E-state index in [1.165, 1.54) is 53.9 Å². The highest BCUT2D eigenvalue weighted by atomic mass is 15.1. The predicted octanol–water partition coefficient (Wildman–Crippen LogP) is 11.8. The zero-order valence-electron chi connectivity index (χ0n) is 25.3. The van der Waals surface area contributed by atoms with Crippen molar-refractivity contribution in [1.82, 2.24) is 0 Å². The third-order valence-corrected chi connectivity index (χ3v) is 9.47. The van der Waals surface area contributed by atoms with E-state index in [0.29, 0.717) is 11.1 Å². The topological polar surface area (TPSA) is 50.8 Å². The first-order valence-electron chi connectivity index (χ1n) is 15.6. The first-order valence-corrected chi connectivity index (χ1v) is 15.6. The Morgan fingerprint density at radius 1 is 0.298 bits per heavy atom. The van der Waals surface area contributed by atoms with Crippen LogP contribution in [0.2, 0.25) is 0 Å². The van der Waals surface area contributed by atoms with Crippen LogP contribution in [0.25, 0.3) is 64.6 Å². The summed E-state index contributed by atoms with van der Waals surface area (Å²) in [6.07, 6.45) is 0. The van der Waals surface area contributed by atoms with E-state index in [1.54, 1.807) is 6.07 Å². The predicted molar refractivity (Wildman–Crippen MR) is 196 cm³/mol. The summed E-state index contributed by atoms with van der Waals surface area (Å²) >= 11 is 0. The number of rotatable bonds is 3. The Bertz CT molecular complexity index is 2600. The molecule has 0 aliphatic rings. The number of nitriles is 2. The Morgan fingerprint density at radius 3 is 0.957 bits per heavy atom. The Kier molecular flexibility index (Phi) is 5.94. The minimum atomic E-state index is 0.351. The molecule has 47 heavy (non-hydrogen) atoms. The fourth-order valence-electron chi connectivity index (χ4n) is 7.38. The number of nitrogens with zero attached hydrogens (tertiary/aromatic N) is 3. The van der Waals surface area contributed by atoms with E-state index in [1.807, 2.05) is 12.1 Å². The maximum Gasteiger partial charge on any atom is 0.101 e. The van der Waals surface area contributed by atoms with Crippen molar-refractivity contribution < 1.29 is 0 Å². The van der Waals surface area contributed by atoms with Gasteiger partial charge in [0, 0.05) is 17.1 Å². The standard InChI is InChI=1S/C44H25N3/c45-26-28-17-18-30(23-29(28)27-46)47(31-19-21-41-37-13-3-1-9-33(37)35-11-5-7-15-39(35)43(41)24-31)32-20-22-42-38-14-4-2-10-34(38)36-12-6-8-16-40(36)44(42)25-32/h1-25H. The van der Waals surface area contributed by atoms with Gasteiger partial charge >= 0.3 is 0 Å². The molecule has 0 fully saturated rings. The Balaban J connectivity index is 1.36. The highest BCUT2D eigenvalue weighted by molar-refractivity contribution is 6.27. The molecule has 9 aromatic rings. The van der Waals surface area contributed by atoms with Crippen molar-refractivity contribution in [3.63, 3.8) is 0 Å². The molecule has 0 unspecified atom stereocenters. The smallest absolute Gasteiger partial charge is 0.101 e. The second-order valence-electron chi connectivity index (χ2n) is 11.9. The number of fused-ring (bicyclic) bond motifs is 12. The lowest BCUT2D eigenvalue weighted by molar-refractivity contribution is 1.28. The van der Waals surface area contributed by atoms with Crippen molar-refractivity contribution >= 4 is 81.7 Å². The monoisotopic (exact) mass is 595 g/mol. The van der Waals surface area contributed by atoms with E-state index < -0.39 is 0 Å². The average Bonchev–Trinajstić information content (AvgIpc) is 3.15. The molecule has 0 aliphatic carbocycles. The molecular weight excluding hydrogens is 571 g/mol. The lowest BCUT2D eigenvalue weighted by Gasteiger charge is -2.27. The van der Waals surface area contributed by atoms with E-state index in [4.69, 9.17) is 0 Å². The number of hydrogen-bond donors (Lipinski definition) is 0. The second-order valence-corrected chi connectivity index (χ2v) is 11.9. The lowest BCUT2D eigenvalue weighted by Crippen LogP contribution is -2.10. The Hall–Kier alpha value is -6.68. The zero-order chi connectivity index (χ0) is 31.5. The molecule has 0 radical (unpaired) electrons. The van der Waals surface area contributed by atoms with Crippen LogP contribution in [-0.4, -0.2) is 0 Å². The first kappa shape index (κ1) is 26.7. The highest BCUT2D eigenvalue weighted by Gasteiger charge is 2.19. The van der Waals surface area contributed by atoms with Crippen LogP contribution in [0.1, 0.15) is 11.1 Å². The van der Waals surface area contributed by atoms with Gasteiger partial charge in [-0.3, -0.25) is 0 Å². The summed E-state index contributed by atoms with van der Waals surface area (Å²) in [4.78, 5) is 2.20. The quantitative estimate of drug-likeness (QED) is 0.191. The van der Waals surface area contributed by atoms with Gasteiger partial charge in [-0.05, 0) is 107 Å². The summed E-state index contributed by atoms with van der Waals surface area (Å²) in [6.45, 7) is 0. The van der Waals surface area contributed by atoms with Gasteiger partial charge in [0.15, 0.2) is 0 Å². The van der Waals surface area contributed by atoms with Gasteiger partial charge in [0.05, 0.1) is 11.1 Å². The van der Waals surface area contributed by atoms with Gasteiger partial charge in [0.1, 0.15) is 12.1 Å². The van der Waals surface area contributed by atoms with Crippen molar-refractivity contribution in [2.24, 2.45) is 0 Å².